The summed E-state index contributed by atoms with van der Waals surface area (Å²) in [4.78, 5) is 0. The van der Waals surface area contributed by atoms with Gasteiger partial charge in [-0.15, -0.1) is 10.2 Å². The number of hydrogen-bond acceptors (Lipinski definition) is 4. The highest BCUT2D eigenvalue weighted by Gasteiger charge is 2.22. The van der Waals surface area contributed by atoms with E-state index in [1.54, 1.807) is 7.11 Å². The minimum Gasteiger partial charge on any atom is -0.382 e. The predicted molar refractivity (Wildman–Crippen MR) is 69.2 cm³/mol. The van der Waals surface area contributed by atoms with Gasteiger partial charge in [0.25, 0.3) is 0 Å². The number of hydrogen-bond donors (Lipinski definition) is 0. The lowest BCUT2D eigenvalue weighted by Crippen LogP contribution is -2.26. The molecule has 0 saturated carbocycles. The molecule has 1 aromatic heterocycles. The number of alkyl halides is 1. The molecular weight excluding hydrogens is 286 g/mol. The van der Waals surface area contributed by atoms with Crippen molar-refractivity contribution in [2.24, 2.45) is 0 Å². The normalized spacial score (nSPS) is 12.1. The maximum absolute atomic E-state index is 5.49. The molecule has 0 amide bonds. The summed E-state index contributed by atoms with van der Waals surface area (Å²) in [6, 6.07) is 0. The molecule has 0 aromatic carbocycles. The highest BCUT2D eigenvalue weighted by Crippen LogP contribution is 2.20. The minimum atomic E-state index is -0.0491. The summed E-state index contributed by atoms with van der Waals surface area (Å²) in [5.41, 5.74) is -0.0491. The number of methoxy groups -OCH3 is 1. The third-order valence-electron chi connectivity index (χ3n) is 2.25. The fourth-order valence-electron chi connectivity index (χ4n) is 1.61. The van der Waals surface area contributed by atoms with E-state index in [2.05, 4.69) is 51.5 Å². The highest BCUT2D eigenvalue weighted by atomic mass is 79.9. The lowest BCUT2D eigenvalue weighted by Gasteiger charge is -2.24. The van der Waals surface area contributed by atoms with Crippen LogP contribution in [-0.4, -0.2) is 35.1 Å². The summed E-state index contributed by atoms with van der Waals surface area (Å²) in [5.74, 6) is 1.77. The molecule has 0 aliphatic rings. The van der Waals surface area contributed by atoms with E-state index in [1.807, 2.05) is 0 Å². The number of halogens is 1. The van der Waals surface area contributed by atoms with E-state index >= 15 is 0 Å². The first-order chi connectivity index (χ1) is 8.00. The van der Waals surface area contributed by atoms with Gasteiger partial charge in [0.15, 0.2) is 5.82 Å². The van der Waals surface area contributed by atoms with Crippen LogP contribution in [0.5, 0.6) is 0 Å². The highest BCUT2D eigenvalue weighted by molar-refractivity contribution is 9.08. The summed E-state index contributed by atoms with van der Waals surface area (Å²) >= 11 is 3.42. The van der Waals surface area contributed by atoms with E-state index in [1.165, 1.54) is 0 Å². The van der Waals surface area contributed by atoms with Crippen molar-refractivity contribution in [1.29, 1.82) is 0 Å². The van der Waals surface area contributed by atoms with E-state index < -0.39 is 0 Å². The molecule has 0 radical (unpaired) electrons. The van der Waals surface area contributed by atoms with Crippen molar-refractivity contribution >= 4 is 15.9 Å². The van der Waals surface area contributed by atoms with Crippen LogP contribution in [0.3, 0.4) is 0 Å². The molecule has 0 atom stereocenters. The fraction of sp³-hybridized carbons (Fsp3) is 0.818. The maximum atomic E-state index is 5.49. The van der Waals surface area contributed by atoms with Crippen LogP contribution in [-0.2, 0) is 26.9 Å². The van der Waals surface area contributed by atoms with Crippen molar-refractivity contribution in [1.82, 2.24) is 14.8 Å². The molecule has 0 bridgehead atoms. The second-order valence-electron chi connectivity index (χ2n) is 4.72. The summed E-state index contributed by atoms with van der Waals surface area (Å²) in [5, 5.41) is 9.01. The molecule has 0 saturated heterocycles. The van der Waals surface area contributed by atoms with Crippen LogP contribution in [0.1, 0.15) is 32.4 Å². The van der Waals surface area contributed by atoms with Gasteiger partial charge in [-0.2, -0.15) is 0 Å². The van der Waals surface area contributed by atoms with Gasteiger partial charge in [0, 0.05) is 12.6 Å². The minimum absolute atomic E-state index is 0.0491. The fourth-order valence-corrected chi connectivity index (χ4v) is 1.98. The van der Waals surface area contributed by atoms with Gasteiger partial charge in [0.2, 0.25) is 0 Å². The maximum Gasteiger partial charge on any atom is 0.159 e. The molecule has 17 heavy (non-hydrogen) atoms. The van der Waals surface area contributed by atoms with Gasteiger partial charge in [0.1, 0.15) is 12.4 Å². The third kappa shape index (κ3) is 4.04. The molecule has 0 N–H and O–H groups in total. The number of ether oxygens (including phenoxy) is 2. The molecule has 0 aliphatic carbocycles. The first kappa shape index (κ1) is 14.6. The Kier molecular flexibility index (Phi) is 5.55. The molecule has 1 aromatic rings. The molecular formula is C11H20BrN3O2. The Balaban J connectivity index is 2.75. The van der Waals surface area contributed by atoms with E-state index in [0.29, 0.717) is 25.2 Å². The van der Waals surface area contributed by atoms with Crippen molar-refractivity contribution in [2.75, 3.05) is 20.3 Å². The number of rotatable bonds is 6. The zero-order chi connectivity index (χ0) is 12.9. The zero-order valence-corrected chi connectivity index (χ0v) is 12.5. The third-order valence-corrected chi connectivity index (χ3v) is 2.75. The van der Waals surface area contributed by atoms with Gasteiger partial charge in [-0.05, 0) is 20.8 Å². The smallest absolute Gasteiger partial charge is 0.159 e. The Morgan fingerprint density at radius 2 is 1.82 bits per heavy atom. The van der Waals surface area contributed by atoms with Crippen LogP contribution >= 0.6 is 15.9 Å². The van der Waals surface area contributed by atoms with E-state index in [9.17, 15) is 0 Å². The van der Waals surface area contributed by atoms with E-state index in [4.69, 9.17) is 9.47 Å². The number of aromatic nitrogens is 3. The van der Waals surface area contributed by atoms with Crippen LogP contribution in [0.15, 0.2) is 0 Å². The van der Waals surface area contributed by atoms with Gasteiger partial charge >= 0.3 is 0 Å². The van der Waals surface area contributed by atoms with Crippen LogP contribution in [0.25, 0.3) is 0 Å². The van der Waals surface area contributed by atoms with Gasteiger partial charge in [-0.1, -0.05) is 15.9 Å². The van der Waals surface area contributed by atoms with Crippen molar-refractivity contribution in [3.8, 4) is 0 Å². The zero-order valence-electron chi connectivity index (χ0n) is 10.9. The SMILES string of the molecule is COCCOCc1nnc(CBr)n1C(C)(C)C. The van der Waals surface area contributed by atoms with Crippen LogP contribution in [0, 0.1) is 0 Å². The Morgan fingerprint density at radius 3 is 2.35 bits per heavy atom. The molecule has 6 heteroatoms. The lowest BCUT2D eigenvalue weighted by atomic mass is 10.1. The van der Waals surface area contributed by atoms with E-state index in [-0.39, 0.29) is 5.54 Å². The molecule has 1 heterocycles. The molecule has 1 rings (SSSR count). The standard InChI is InChI=1S/C11H20BrN3O2/c1-11(2,3)15-9(7-12)13-14-10(15)8-17-6-5-16-4/h5-8H2,1-4H3. The van der Waals surface area contributed by atoms with E-state index in [0.717, 1.165) is 11.6 Å². The van der Waals surface area contributed by atoms with Gasteiger partial charge in [-0.25, -0.2) is 0 Å². The lowest BCUT2D eigenvalue weighted by molar-refractivity contribution is 0.0556. The van der Waals surface area contributed by atoms with Gasteiger partial charge < -0.3 is 14.0 Å². The van der Waals surface area contributed by atoms with Crippen LogP contribution in [0.4, 0.5) is 0 Å². The largest absolute Gasteiger partial charge is 0.382 e. The van der Waals surface area contributed by atoms with Crippen molar-refractivity contribution in [3.63, 3.8) is 0 Å². The van der Waals surface area contributed by atoms with Crippen LogP contribution < -0.4 is 0 Å². The summed E-state index contributed by atoms with van der Waals surface area (Å²) < 4.78 is 12.5. The van der Waals surface area contributed by atoms with Crippen molar-refractivity contribution in [2.45, 2.75) is 38.2 Å². The van der Waals surface area contributed by atoms with Gasteiger partial charge in [0.05, 0.1) is 18.5 Å². The summed E-state index contributed by atoms with van der Waals surface area (Å²) in [6.45, 7) is 8.00. The molecule has 98 valence electrons. The average molecular weight is 306 g/mol. The Morgan fingerprint density at radius 1 is 1.18 bits per heavy atom. The number of nitrogens with zero attached hydrogens (tertiary/aromatic N) is 3. The second kappa shape index (κ2) is 6.47. The molecule has 0 unspecified atom stereocenters. The monoisotopic (exact) mass is 305 g/mol. The van der Waals surface area contributed by atoms with Gasteiger partial charge in [-0.3, -0.25) is 0 Å². The molecule has 5 nitrogen and oxygen atoms in total. The quantitative estimate of drug-likeness (QED) is 0.596. The molecule has 0 aliphatic heterocycles. The van der Waals surface area contributed by atoms with Crippen molar-refractivity contribution in [3.05, 3.63) is 11.6 Å². The first-order valence-corrected chi connectivity index (χ1v) is 6.69. The second-order valence-corrected chi connectivity index (χ2v) is 5.28. The molecule has 0 spiro atoms. The average Bonchev–Trinajstić information content (AvgIpc) is 2.67. The summed E-state index contributed by atoms with van der Waals surface area (Å²) in [7, 11) is 1.66. The topological polar surface area (TPSA) is 49.2 Å². The summed E-state index contributed by atoms with van der Waals surface area (Å²) in [6.07, 6.45) is 0. The Bertz CT molecular complexity index is 347. The molecule has 0 fully saturated rings. The van der Waals surface area contributed by atoms with Crippen LogP contribution in [0.2, 0.25) is 0 Å². The Hall–Kier alpha value is -0.460. The Labute approximate surface area is 111 Å². The van der Waals surface area contributed by atoms with Crippen molar-refractivity contribution < 1.29 is 9.47 Å². The first-order valence-electron chi connectivity index (χ1n) is 5.57. The predicted octanol–water partition coefficient (Wildman–Crippen LogP) is 2.09.